The maximum Gasteiger partial charge on any atom is 0.123 e. The van der Waals surface area contributed by atoms with Crippen molar-refractivity contribution in [1.29, 1.82) is 0 Å². The molecule has 0 saturated heterocycles. The number of halogens is 2. The summed E-state index contributed by atoms with van der Waals surface area (Å²) < 4.78 is 11.5. The van der Waals surface area contributed by atoms with Crippen molar-refractivity contribution >= 4 is 31.9 Å². The lowest BCUT2D eigenvalue weighted by atomic mass is 10.2. The summed E-state index contributed by atoms with van der Waals surface area (Å²) in [6.07, 6.45) is 4.42. The number of unbranched alkanes of at least 4 members (excludes halogenated alkanes) is 2. The molecular formula is C15H22Br2O2. The van der Waals surface area contributed by atoms with Crippen LogP contribution in [0, 0.1) is 6.92 Å². The van der Waals surface area contributed by atoms with Gasteiger partial charge in [0, 0.05) is 16.7 Å². The van der Waals surface area contributed by atoms with Crippen molar-refractivity contribution in [3.8, 4) is 11.5 Å². The van der Waals surface area contributed by atoms with E-state index in [9.17, 15) is 0 Å². The van der Waals surface area contributed by atoms with E-state index in [1.54, 1.807) is 0 Å². The van der Waals surface area contributed by atoms with Gasteiger partial charge >= 0.3 is 0 Å². The van der Waals surface area contributed by atoms with E-state index in [4.69, 9.17) is 9.47 Å². The van der Waals surface area contributed by atoms with E-state index < -0.39 is 0 Å². The SMILES string of the molecule is Cc1cc(OCCCCBr)cc(OCCCCBr)c1. The standard InChI is InChI=1S/C15H22Br2O2/c1-13-10-14(18-8-4-2-6-16)12-15(11-13)19-9-5-3-7-17/h10-12H,2-9H2,1H3. The fourth-order valence-corrected chi connectivity index (χ4v) is 2.45. The van der Waals surface area contributed by atoms with Gasteiger partial charge in [0.15, 0.2) is 0 Å². The zero-order chi connectivity index (χ0) is 13.9. The Bertz CT molecular complexity index is 326. The average Bonchev–Trinajstić information content (AvgIpc) is 2.39. The molecule has 2 nitrogen and oxygen atoms in total. The van der Waals surface area contributed by atoms with Gasteiger partial charge in [0.2, 0.25) is 0 Å². The molecule has 4 heteroatoms. The summed E-state index contributed by atoms with van der Waals surface area (Å²) in [5.41, 5.74) is 1.17. The smallest absolute Gasteiger partial charge is 0.123 e. The first-order valence-electron chi connectivity index (χ1n) is 6.75. The summed E-state index contributed by atoms with van der Waals surface area (Å²) >= 11 is 6.84. The van der Waals surface area contributed by atoms with Crippen LogP contribution in [0.3, 0.4) is 0 Å². The third-order valence-electron chi connectivity index (χ3n) is 2.62. The van der Waals surface area contributed by atoms with E-state index in [2.05, 4.69) is 50.9 Å². The molecule has 0 aromatic heterocycles. The minimum Gasteiger partial charge on any atom is -0.493 e. The van der Waals surface area contributed by atoms with Gasteiger partial charge in [0.05, 0.1) is 13.2 Å². The average molecular weight is 394 g/mol. The molecule has 1 aromatic carbocycles. The molecule has 108 valence electrons. The van der Waals surface area contributed by atoms with Gasteiger partial charge in [0.1, 0.15) is 11.5 Å². The third kappa shape index (κ3) is 7.83. The van der Waals surface area contributed by atoms with E-state index in [1.807, 2.05) is 6.07 Å². The second-order valence-electron chi connectivity index (χ2n) is 4.47. The van der Waals surface area contributed by atoms with Crippen LogP contribution in [0.1, 0.15) is 31.2 Å². The monoisotopic (exact) mass is 392 g/mol. The summed E-state index contributed by atoms with van der Waals surface area (Å²) in [6, 6.07) is 6.09. The number of hydrogen-bond acceptors (Lipinski definition) is 2. The predicted molar refractivity (Wildman–Crippen MR) is 88.2 cm³/mol. The van der Waals surface area contributed by atoms with Crippen molar-refractivity contribution in [2.75, 3.05) is 23.9 Å². The molecule has 0 N–H and O–H groups in total. The van der Waals surface area contributed by atoms with Crippen LogP contribution >= 0.6 is 31.9 Å². The number of rotatable bonds is 10. The topological polar surface area (TPSA) is 18.5 Å². The van der Waals surface area contributed by atoms with Gasteiger partial charge in [-0.05, 0) is 50.3 Å². The highest BCUT2D eigenvalue weighted by Crippen LogP contribution is 2.23. The molecule has 1 aromatic rings. The number of hydrogen-bond donors (Lipinski definition) is 0. The van der Waals surface area contributed by atoms with Crippen LogP contribution in [0.5, 0.6) is 11.5 Å². The summed E-state index contributed by atoms with van der Waals surface area (Å²) in [4.78, 5) is 0. The second kappa shape index (κ2) is 10.6. The van der Waals surface area contributed by atoms with Crippen LogP contribution in [0.4, 0.5) is 0 Å². The molecule has 0 unspecified atom stereocenters. The van der Waals surface area contributed by atoms with E-state index in [0.717, 1.165) is 61.1 Å². The molecule has 0 bridgehead atoms. The predicted octanol–water partition coefficient (Wildman–Crippen LogP) is 5.10. The van der Waals surface area contributed by atoms with E-state index in [1.165, 1.54) is 5.56 Å². The molecule has 0 saturated carbocycles. The molecular weight excluding hydrogens is 372 g/mol. The molecule has 0 aliphatic heterocycles. The van der Waals surface area contributed by atoms with E-state index in [0.29, 0.717) is 0 Å². The first-order chi connectivity index (χ1) is 9.26. The zero-order valence-corrected chi connectivity index (χ0v) is 14.6. The van der Waals surface area contributed by atoms with Crippen molar-refractivity contribution in [1.82, 2.24) is 0 Å². The van der Waals surface area contributed by atoms with Crippen molar-refractivity contribution < 1.29 is 9.47 Å². The fraction of sp³-hybridized carbons (Fsp3) is 0.600. The van der Waals surface area contributed by atoms with E-state index >= 15 is 0 Å². The number of alkyl halides is 2. The third-order valence-corrected chi connectivity index (χ3v) is 3.74. The molecule has 0 spiro atoms. The Balaban J connectivity index is 2.41. The summed E-state index contributed by atoms with van der Waals surface area (Å²) in [6.45, 7) is 3.59. The lowest BCUT2D eigenvalue weighted by molar-refractivity contribution is 0.294. The molecule has 19 heavy (non-hydrogen) atoms. The van der Waals surface area contributed by atoms with Gasteiger partial charge in [0.25, 0.3) is 0 Å². The largest absolute Gasteiger partial charge is 0.493 e. The summed E-state index contributed by atoms with van der Waals surface area (Å²) in [5, 5.41) is 2.07. The summed E-state index contributed by atoms with van der Waals surface area (Å²) in [7, 11) is 0. The van der Waals surface area contributed by atoms with Gasteiger partial charge in [-0.2, -0.15) is 0 Å². The molecule has 1 rings (SSSR count). The lowest BCUT2D eigenvalue weighted by Crippen LogP contribution is -2.00. The van der Waals surface area contributed by atoms with Gasteiger partial charge < -0.3 is 9.47 Å². The van der Waals surface area contributed by atoms with Gasteiger partial charge in [-0.15, -0.1) is 0 Å². The highest BCUT2D eigenvalue weighted by Gasteiger charge is 2.01. The minimum absolute atomic E-state index is 0.762. The molecule has 0 atom stereocenters. The maximum atomic E-state index is 5.75. The number of benzene rings is 1. The minimum atomic E-state index is 0.762. The second-order valence-corrected chi connectivity index (χ2v) is 6.06. The molecule has 0 heterocycles. The van der Waals surface area contributed by atoms with Crippen molar-refractivity contribution in [2.24, 2.45) is 0 Å². The Morgan fingerprint density at radius 2 is 1.26 bits per heavy atom. The van der Waals surface area contributed by atoms with Crippen LogP contribution in [0.2, 0.25) is 0 Å². The lowest BCUT2D eigenvalue weighted by Gasteiger charge is -2.11. The van der Waals surface area contributed by atoms with Gasteiger partial charge in [-0.25, -0.2) is 0 Å². The quantitative estimate of drug-likeness (QED) is 0.406. The molecule has 0 aliphatic carbocycles. The zero-order valence-electron chi connectivity index (χ0n) is 11.5. The van der Waals surface area contributed by atoms with Crippen LogP contribution in [0.25, 0.3) is 0 Å². The van der Waals surface area contributed by atoms with Crippen molar-refractivity contribution in [2.45, 2.75) is 32.6 Å². The Labute approximate surface area is 133 Å². The molecule has 0 radical (unpaired) electrons. The van der Waals surface area contributed by atoms with Gasteiger partial charge in [-0.3, -0.25) is 0 Å². The first-order valence-corrected chi connectivity index (χ1v) is 9.00. The number of ether oxygens (including phenoxy) is 2. The fourth-order valence-electron chi connectivity index (χ4n) is 1.65. The highest BCUT2D eigenvalue weighted by molar-refractivity contribution is 9.09. The Kier molecular flexibility index (Phi) is 9.35. The van der Waals surface area contributed by atoms with Crippen molar-refractivity contribution in [3.63, 3.8) is 0 Å². The first kappa shape index (κ1) is 16.8. The Morgan fingerprint density at radius 1 is 0.789 bits per heavy atom. The van der Waals surface area contributed by atoms with Crippen LogP contribution in [-0.4, -0.2) is 23.9 Å². The Hall–Kier alpha value is -0.220. The Morgan fingerprint density at radius 3 is 1.68 bits per heavy atom. The van der Waals surface area contributed by atoms with Crippen LogP contribution in [-0.2, 0) is 0 Å². The highest BCUT2D eigenvalue weighted by atomic mass is 79.9. The normalized spacial score (nSPS) is 10.5. The van der Waals surface area contributed by atoms with Crippen LogP contribution < -0.4 is 9.47 Å². The maximum absolute atomic E-state index is 5.75. The van der Waals surface area contributed by atoms with Crippen molar-refractivity contribution in [3.05, 3.63) is 23.8 Å². The summed E-state index contributed by atoms with van der Waals surface area (Å²) in [5.74, 6) is 1.81. The van der Waals surface area contributed by atoms with Crippen LogP contribution in [0.15, 0.2) is 18.2 Å². The van der Waals surface area contributed by atoms with Gasteiger partial charge in [-0.1, -0.05) is 31.9 Å². The molecule has 0 amide bonds. The number of aryl methyl sites for hydroxylation is 1. The van der Waals surface area contributed by atoms with E-state index in [-0.39, 0.29) is 0 Å². The molecule has 0 aliphatic rings. The molecule has 0 fully saturated rings.